The van der Waals surface area contributed by atoms with E-state index in [1.54, 1.807) is 0 Å². The second-order valence-electron chi connectivity index (χ2n) is 7.25. The van der Waals surface area contributed by atoms with E-state index < -0.39 is 0 Å². The lowest BCUT2D eigenvalue weighted by Gasteiger charge is -2.40. The maximum absolute atomic E-state index is 4.60. The van der Waals surface area contributed by atoms with Crippen LogP contribution in [0.1, 0.15) is 57.9 Å². The number of anilines is 1. The third kappa shape index (κ3) is 3.57. The number of nitrogens with zero attached hydrogens (tertiary/aromatic N) is 2. The monoisotopic (exact) mass is 287 g/mol. The fourth-order valence-corrected chi connectivity index (χ4v) is 3.90. The molecule has 2 heterocycles. The van der Waals surface area contributed by atoms with Gasteiger partial charge in [-0.3, -0.25) is 0 Å². The number of piperidine rings is 1. The molecule has 1 spiro atoms. The lowest BCUT2D eigenvalue weighted by molar-refractivity contribution is 0.226. The third-order valence-corrected chi connectivity index (χ3v) is 5.34. The fourth-order valence-electron chi connectivity index (χ4n) is 3.90. The largest absolute Gasteiger partial charge is 0.357 e. The van der Waals surface area contributed by atoms with E-state index in [-0.39, 0.29) is 0 Å². The normalized spacial score (nSPS) is 21.4. The number of aromatic nitrogens is 1. The molecule has 1 aliphatic heterocycles. The number of hydrogen-bond donors (Lipinski definition) is 1. The van der Waals surface area contributed by atoms with Crippen LogP contribution in [0.4, 0.5) is 5.82 Å². The molecule has 0 radical (unpaired) electrons. The highest BCUT2D eigenvalue weighted by Crippen LogP contribution is 2.46. The first-order valence-corrected chi connectivity index (χ1v) is 8.60. The molecular formula is C18H29N3. The first-order chi connectivity index (χ1) is 10.2. The van der Waals surface area contributed by atoms with E-state index >= 15 is 0 Å². The zero-order valence-electron chi connectivity index (χ0n) is 13.6. The topological polar surface area (TPSA) is 28.2 Å². The zero-order valence-corrected chi connectivity index (χ0v) is 13.6. The molecule has 0 aromatic carbocycles. The van der Waals surface area contributed by atoms with Gasteiger partial charge in [-0.05, 0) is 48.8 Å². The lowest BCUT2D eigenvalue weighted by atomic mass is 9.77. The average Bonchev–Trinajstić information content (AvgIpc) is 2.94. The van der Waals surface area contributed by atoms with Crippen LogP contribution >= 0.6 is 0 Å². The molecular weight excluding hydrogens is 258 g/mol. The second kappa shape index (κ2) is 6.35. The molecule has 3 heteroatoms. The van der Waals surface area contributed by atoms with Crippen molar-refractivity contribution in [1.29, 1.82) is 0 Å². The molecule has 21 heavy (non-hydrogen) atoms. The molecule has 116 valence electrons. The minimum Gasteiger partial charge on any atom is -0.357 e. The Hall–Kier alpha value is -1.09. The molecule has 0 bridgehead atoms. The van der Waals surface area contributed by atoms with Crippen molar-refractivity contribution in [3.8, 4) is 0 Å². The molecule has 0 atom stereocenters. The van der Waals surface area contributed by atoms with Gasteiger partial charge in [0.15, 0.2) is 0 Å². The van der Waals surface area contributed by atoms with E-state index in [1.165, 1.54) is 63.0 Å². The SMILES string of the molecule is CC(C)NCc1ccnc(N2CCC3(CCCC3)CC2)c1. The maximum Gasteiger partial charge on any atom is 0.128 e. The fraction of sp³-hybridized carbons (Fsp3) is 0.722. The summed E-state index contributed by atoms with van der Waals surface area (Å²) in [6.45, 7) is 7.69. The molecule has 1 aliphatic carbocycles. The number of nitrogens with one attached hydrogen (secondary N) is 1. The smallest absolute Gasteiger partial charge is 0.128 e. The Bertz CT molecular complexity index is 453. The van der Waals surface area contributed by atoms with Crippen molar-refractivity contribution in [2.45, 2.75) is 65.0 Å². The van der Waals surface area contributed by atoms with Crippen molar-refractivity contribution in [2.75, 3.05) is 18.0 Å². The molecule has 2 aliphatic rings. The van der Waals surface area contributed by atoms with Gasteiger partial charge in [0.05, 0.1) is 0 Å². The van der Waals surface area contributed by atoms with Crippen molar-refractivity contribution in [1.82, 2.24) is 10.3 Å². The van der Waals surface area contributed by atoms with Gasteiger partial charge >= 0.3 is 0 Å². The molecule has 0 amide bonds. The van der Waals surface area contributed by atoms with Crippen LogP contribution in [0.5, 0.6) is 0 Å². The predicted octanol–water partition coefficient (Wildman–Crippen LogP) is 3.74. The van der Waals surface area contributed by atoms with Crippen LogP contribution in [0.3, 0.4) is 0 Å². The van der Waals surface area contributed by atoms with E-state index in [2.05, 4.69) is 41.2 Å². The van der Waals surface area contributed by atoms with Crippen molar-refractivity contribution < 1.29 is 0 Å². The number of pyridine rings is 1. The van der Waals surface area contributed by atoms with Crippen LogP contribution in [-0.2, 0) is 6.54 Å². The zero-order chi connectivity index (χ0) is 14.7. The molecule has 1 N–H and O–H groups in total. The Morgan fingerprint density at radius 1 is 1.19 bits per heavy atom. The molecule has 2 fully saturated rings. The van der Waals surface area contributed by atoms with Gasteiger partial charge in [0.25, 0.3) is 0 Å². The Morgan fingerprint density at radius 2 is 1.90 bits per heavy atom. The summed E-state index contributed by atoms with van der Waals surface area (Å²) in [4.78, 5) is 7.09. The number of rotatable bonds is 4. The summed E-state index contributed by atoms with van der Waals surface area (Å²) in [5.41, 5.74) is 2.03. The van der Waals surface area contributed by atoms with Crippen molar-refractivity contribution in [3.05, 3.63) is 23.9 Å². The standard InChI is InChI=1S/C18H29N3/c1-15(2)20-14-16-5-10-19-17(13-16)21-11-8-18(9-12-21)6-3-4-7-18/h5,10,13,15,20H,3-4,6-9,11-12,14H2,1-2H3. The van der Waals surface area contributed by atoms with Gasteiger partial charge in [0.2, 0.25) is 0 Å². The summed E-state index contributed by atoms with van der Waals surface area (Å²) >= 11 is 0. The van der Waals surface area contributed by atoms with Gasteiger partial charge < -0.3 is 10.2 Å². The van der Waals surface area contributed by atoms with Crippen LogP contribution in [-0.4, -0.2) is 24.1 Å². The third-order valence-electron chi connectivity index (χ3n) is 5.34. The molecule has 1 saturated carbocycles. The number of hydrogen-bond acceptors (Lipinski definition) is 3. The van der Waals surface area contributed by atoms with Crippen LogP contribution in [0.15, 0.2) is 18.3 Å². The molecule has 3 nitrogen and oxygen atoms in total. The van der Waals surface area contributed by atoms with Gasteiger partial charge in [-0.2, -0.15) is 0 Å². The van der Waals surface area contributed by atoms with E-state index in [1.807, 2.05) is 6.20 Å². The first kappa shape index (κ1) is 14.8. The second-order valence-corrected chi connectivity index (χ2v) is 7.25. The van der Waals surface area contributed by atoms with Gasteiger partial charge in [-0.1, -0.05) is 26.7 Å². The van der Waals surface area contributed by atoms with Crippen LogP contribution in [0.25, 0.3) is 0 Å². The van der Waals surface area contributed by atoms with Crippen LogP contribution < -0.4 is 10.2 Å². The average molecular weight is 287 g/mol. The summed E-state index contributed by atoms with van der Waals surface area (Å²) in [6.07, 6.45) is 10.5. The summed E-state index contributed by atoms with van der Waals surface area (Å²) < 4.78 is 0. The Balaban J connectivity index is 1.61. The maximum atomic E-state index is 4.60. The van der Waals surface area contributed by atoms with E-state index in [9.17, 15) is 0 Å². The first-order valence-electron chi connectivity index (χ1n) is 8.60. The van der Waals surface area contributed by atoms with Crippen molar-refractivity contribution >= 4 is 5.82 Å². The quantitative estimate of drug-likeness (QED) is 0.914. The highest BCUT2D eigenvalue weighted by Gasteiger charge is 2.37. The van der Waals surface area contributed by atoms with Gasteiger partial charge in [0.1, 0.15) is 5.82 Å². The summed E-state index contributed by atoms with van der Waals surface area (Å²) in [5.74, 6) is 1.17. The van der Waals surface area contributed by atoms with E-state index in [0.717, 1.165) is 6.54 Å². The van der Waals surface area contributed by atoms with Crippen molar-refractivity contribution in [3.63, 3.8) is 0 Å². The molecule has 1 aromatic rings. The highest BCUT2D eigenvalue weighted by atomic mass is 15.2. The molecule has 1 aromatic heterocycles. The Labute approximate surface area is 129 Å². The molecule has 3 rings (SSSR count). The highest BCUT2D eigenvalue weighted by molar-refractivity contribution is 5.41. The minimum atomic E-state index is 0.527. The molecule has 0 unspecified atom stereocenters. The van der Waals surface area contributed by atoms with Crippen LogP contribution in [0.2, 0.25) is 0 Å². The minimum absolute atomic E-state index is 0.527. The Morgan fingerprint density at radius 3 is 2.57 bits per heavy atom. The summed E-state index contributed by atoms with van der Waals surface area (Å²) in [5, 5.41) is 3.49. The van der Waals surface area contributed by atoms with E-state index in [4.69, 9.17) is 0 Å². The van der Waals surface area contributed by atoms with E-state index in [0.29, 0.717) is 11.5 Å². The summed E-state index contributed by atoms with van der Waals surface area (Å²) in [7, 11) is 0. The lowest BCUT2D eigenvalue weighted by Crippen LogP contribution is -2.39. The predicted molar refractivity (Wildman–Crippen MR) is 88.6 cm³/mol. The summed E-state index contributed by atoms with van der Waals surface area (Å²) in [6, 6.07) is 4.92. The molecule has 1 saturated heterocycles. The van der Waals surface area contributed by atoms with Gasteiger partial charge in [-0.15, -0.1) is 0 Å². The van der Waals surface area contributed by atoms with Gasteiger partial charge in [0, 0.05) is 31.9 Å². The van der Waals surface area contributed by atoms with Crippen molar-refractivity contribution in [2.24, 2.45) is 5.41 Å². The van der Waals surface area contributed by atoms with Gasteiger partial charge in [-0.25, -0.2) is 4.98 Å². The van der Waals surface area contributed by atoms with Crippen LogP contribution in [0, 0.1) is 5.41 Å². The Kier molecular flexibility index (Phi) is 4.48.